The van der Waals surface area contributed by atoms with E-state index >= 15 is 0 Å². The summed E-state index contributed by atoms with van der Waals surface area (Å²) in [6, 6.07) is 4.22. The summed E-state index contributed by atoms with van der Waals surface area (Å²) in [5, 5.41) is 0.977. The average molecular weight is 371 g/mol. The second-order valence-electron chi connectivity index (χ2n) is 7.02. The Morgan fingerprint density at radius 2 is 2.04 bits per heavy atom. The lowest BCUT2D eigenvalue weighted by atomic mass is 9.87. The summed E-state index contributed by atoms with van der Waals surface area (Å²) in [5.41, 5.74) is 1.38. The molecule has 1 fully saturated rings. The molecule has 8 heteroatoms. The number of carbonyl (C=O) groups is 3. The van der Waals surface area contributed by atoms with Gasteiger partial charge in [0.25, 0.3) is 5.91 Å². The molecule has 2 aromatic rings. The Morgan fingerprint density at radius 3 is 2.70 bits per heavy atom. The number of benzene rings is 1. The Labute approximate surface area is 156 Å². The predicted molar refractivity (Wildman–Crippen MR) is 96.3 cm³/mol. The number of aromatic nitrogens is 1. The first-order valence-corrected chi connectivity index (χ1v) is 8.76. The number of methoxy groups -OCH3 is 2. The number of fused-ring (bicyclic) bond motifs is 5. The Hall–Kier alpha value is -3.03. The molecule has 4 rings (SSSR count). The number of carbonyl (C=O) groups excluding carboxylic acids is 3. The number of aromatic amines is 1. The number of hydrogen-bond acceptors (Lipinski definition) is 5. The first-order chi connectivity index (χ1) is 12.8. The zero-order valence-electron chi connectivity index (χ0n) is 15.7. The monoisotopic (exact) mass is 371 g/mol. The van der Waals surface area contributed by atoms with E-state index in [0.29, 0.717) is 18.7 Å². The number of urea groups is 1. The Morgan fingerprint density at radius 1 is 1.30 bits per heavy atom. The summed E-state index contributed by atoms with van der Waals surface area (Å²) in [5.74, 6) is -0.321. The van der Waals surface area contributed by atoms with Crippen molar-refractivity contribution in [1.82, 2.24) is 14.8 Å². The largest absolute Gasteiger partial charge is 0.497 e. The molecule has 1 N–H and O–H groups in total. The molecule has 0 radical (unpaired) electrons. The molecule has 0 bridgehead atoms. The highest BCUT2D eigenvalue weighted by Gasteiger charge is 2.60. The first kappa shape index (κ1) is 17.4. The van der Waals surface area contributed by atoms with Gasteiger partial charge >= 0.3 is 12.0 Å². The SMILES string of the molecule is COC(=O)C(C)N1C(=O)N2CCc3c([nH]c4ccc(OC)cc34)C2(C)C1=O. The van der Waals surface area contributed by atoms with Crippen LogP contribution in [-0.4, -0.2) is 59.5 Å². The molecule has 0 spiro atoms. The molecular formula is C19H21N3O5. The quantitative estimate of drug-likeness (QED) is 0.656. The number of rotatable bonds is 3. The summed E-state index contributed by atoms with van der Waals surface area (Å²) < 4.78 is 10.0. The predicted octanol–water partition coefficient (Wildman–Crippen LogP) is 1.77. The van der Waals surface area contributed by atoms with Gasteiger partial charge in [0.15, 0.2) is 5.54 Å². The van der Waals surface area contributed by atoms with Crippen LogP contribution in [-0.2, 0) is 26.3 Å². The highest BCUT2D eigenvalue weighted by Crippen LogP contribution is 2.45. The van der Waals surface area contributed by atoms with Crippen molar-refractivity contribution in [3.8, 4) is 5.75 Å². The van der Waals surface area contributed by atoms with Crippen molar-refractivity contribution in [2.45, 2.75) is 31.8 Å². The van der Waals surface area contributed by atoms with Gasteiger partial charge in [0.1, 0.15) is 11.8 Å². The molecule has 8 nitrogen and oxygen atoms in total. The normalized spacial score (nSPS) is 22.7. The minimum absolute atomic E-state index is 0.391. The molecule has 2 aliphatic heterocycles. The van der Waals surface area contributed by atoms with E-state index in [1.807, 2.05) is 18.2 Å². The van der Waals surface area contributed by atoms with E-state index < -0.39 is 29.5 Å². The van der Waals surface area contributed by atoms with Gasteiger partial charge < -0.3 is 19.4 Å². The average Bonchev–Trinajstić information content (AvgIpc) is 3.14. The molecule has 1 aromatic heterocycles. The number of imide groups is 1. The third kappa shape index (κ3) is 2.12. The molecule has 0 aliphatic carbocycles. The molecule has 2 atom stereocenters. The summed E-state index contributed by atoms with van der Waals surface area (Å²) in [6.07, 6.45) is 0.609. The molecule has 3 heterocycles. The van der Waals surface area contributed by atoms with Crippen LogP contribution >= 0.6 is 0 Å². The molecule has 1 aromatic carbocycles. The third-order valence-electron chi connectivity index (χ3n) is 5.73. The smallest absolute Gasteiger partial charge is 0.328 e. The number of ether oxygens (including phenoxy) is 2. The lowest BCUT2D eigenvalue weighted by Crippen LogP contribution is -2.49. The number of nitrogens with one attached hydrogen (secondary N) is 1. The van der Waals surface area contributed by atoms with E-state index in [1.54, 1.807) is 14.0 Å². The molecule has 2 aliphatic rings. The Kier molecular flexibility index (Phi) is 3.69. The van der Waals surface area contributed by atoms with Gasteiger partial charge in [-0.05, 0) is 44.0 Å². The van der Waals surface area contributed by atoms with Gasteiger partial charge in [0.05, 0.1) is 19.9 Å². The maximum atomic E-state index is 13.3. The second kappa shape index (κ2) is 5.73. The van der Waals surface area contributed by atoms with Crippen molar-refractivity contribution in [2.75, 3.05) is 20.8 Å². The van der Waals surface area contributed by atoms with Gasteiger partial charge in [0.2, 0.25) is 0 Å². The molecule has 1 saturated heterocycles. The number of H-pyrrole nitrogens is 1. The van der Waals surface area contributed by atoms with Crippen LogP contribution < -0.4 is 4.74 Å². The van der Waals surface area contributed by atoms with Crippen LogP contribution in [0.15, 0.2) is 18.2 Å². The van der Waals surface area contributed by atoms with Gasteiger partial charge in [-0.25, -0.2) is 14.5 Å². The van der Waals surface area contributed by atoms with E-state index in [2.05, 4.69) is 4.98 Å². The highest BCUT2D eigenvalue weighted by molar-refractivity contribution is 6.10. The van der Waals surface area contributed by atoms with Gasteiger partial charge in [0, 0.05) is 17.4 Å². The minimum atomic E-state index is -1.18. The van der Waals surface area contributed by atoms with Crippen molar-refractivity contribution in [3.05, 3.63) is 29.5 Å². The number of amides is 3. The summed E-state index contributed by atoms with van der Waals surface area (Å²) >= 11 is 0. The molecule has 2 unspecified atom stereocenters. The molecule has 3 amide bonds. The second-order valence-corrected chi connectivity index (χ2v) is 7.02. The van der Waals surface area contributed by atoms with Crippen LogP contribution in [0.1, 0.15) is 25.1 Å². The lowest BCUT2D eigenvalue weighted by molar-refractivity contribution is -0.150. The van der Waals surface area contributed by atoms with E-state index in [9.17, 15) is 14.4 Å². The van der Waals surface area contributed by atoms with Crippen molar-refractivity contribution in [1.29, 1.82) is 0 Å². The fourth-order valence-electron chi connectivity index (χ4n) is 4.19. The van der Waals surface area contributed by atoms with E-state index in [4.69, 9.17) is 9.47 Å². The molecule has 27 heavy (non-hydrogen) atoms. The standard InChI is InChI=1S/C19H21N3O5/c1-10(16(23)27-4)22-17(24)19(2)15-12(7-8-21(19)18(22)25)13-9-11(26-3)5-6-14(13)20-15/h5-6,9-10,20H,7-8H2,1-4H3. The Balaban J connectivity index is 1.86. The fourth-order valence-corrected chi connectivity index (χ4v) is 4.19. The highest BCUT2D eigenvalue weighted by atomic mass is 16.5. The minimum Gasteiger partial charge on any atom is -0.497 e. The summed E-state index contributed by atoms with van der Waals surface area (Å²) in [4.78, 5) is 44.0. The first-order valence-electron chi connectivity index (χ1n) is 8.76. The molecule has 0 saturated carbocycles. The number of nitrogens with zero attached hydrogens (tertiary/aromatic N) is 2. The zero-order valence-corrected chi connectivity index (χ0v) is 15.7. The topological polar surface area (TPSA) is 91.9 Å². The summed E-state index contributed by atoms with van der Waals surface area (Å²) in [7, 11) is 2.84. The molecule has 142 valence electrons. The van der Waals surface area contributed by atoms with Gasteiger partial charge in [-0.2, -0.15) is 0 Å². The van der Waals surface area contributed by atoms with E-state index in [0.717, 1.165) is 27.1 Å². The summed E-state index contributed by atoms with van der Waals surface area (Å²) in [6.45, 7) is 3.62. The van der Waals surface area contributed by atoms with Gasteiger partial charge in [-0.1, -0.05) is 0 Å². The maximum absolute atomic E-state index is 13.3. The lowest BCUT2D eigenvalue weighted by Gasteiger charge is -2.36. The van der Waals surface area contributed by atoms with Crippen LogP contribution in [0.2, 0.25) is 0 Å². The van der Waals surface area contributed by atoms with Gasteiger partial charge in [-0.15, -0.1) is 0 Å². The van der Waals surface area contributed by atoms with E-state index in [1.165, 1.54) is 18.9 Å². The van der Waals surface area contributed by atoms with Crippen LogP contribution in [0.25, 0.3) is 10.9 Å². The maximum Gasteiger partial charge on any atom is 0.328 e. The van der Waals surface area contributed by atoms with Crippen molar-refractivity contribution in [3.63, 3.8) is 0 Å². The Bertz CT molecular complexity index is 981. The molecular weight excluding hydrogens is 350 g/mol. The zero-order chi connectivity index (χ0) is 19.5. The van der Waals surface area contributed by atoms with Gasteiger partial charge in [-0.3, -0.25) is 4.79 Å². The van der Waals surface area contributed by atoms with Crippen LogP contribution in [0.4, 0.5) is 4.79 Å². The fraction of sp³-hybridized carbons (Fsp3) is 0.421. The van der Waals surface area contributed by atoms with Crippen LogP contribution in [0.3, 0.4) is 0 Å². The van der Waals surface area contributed by atoms with Crippen molar-refractivity contribution < 1.29 is 23.9 Å². The number of esters is 1. The van der Waals surface area contributed by atoms with E-state index in [-0.39, 0.29) is 0 Å². The van der Waals surface area contributed by atoms with Crippen molar-refractivity contribution >= 4 is 28.8 Å². The van der Waals surface area contributed by atoms with Crippen LogP contribution in [0, 0.1) is 0 Å². The van der Waals surface area contributed by atoms with Crippen molar-refractivity contribution in [2.24, 2.45) is 0 Å². The van der Waals surface area contributed by atoms with Crippen LogP contribution in [0.5, 0.6) is 5.75 Å². The number of hydrogen-bond donors (Lipinski definition) is 1. The third-order valence-corrected chi connectivity index (χ3v) is 5.73.